The summed E-state index contributed by atoms with van der Waals surface area (Å²) in [4.78, 5) is 2.37. The second kappa shape index (κ2) is 9.90. The Morgan fingerprint density at radius 3 is 2.20 bits per heavy atom. The standard InChI is InChI=1S/C39H35NO4/c1-38(2)34-24-28(41)14-17-32(34)35-30-6-4-5-7-31(30)37-33(36(35)38)18-19-39(44-37,26-10-15-29(42-3)16-11-26)25-8-12-27(13-9-25)40-20-22-43-23-21-40/h4-19,24,41H,20-23H2,1-3H3. The molecule has 1 unspecified atom stereocenters. The first kappa shape index (κ1) is 26.9. The minimum absolute atomic E-state index is 0.286. The Labute approximate surface area is 257 Å². The molecule has 3 aliphatic rings. The number of rotatable bonds is 4. The van der Waals surface area contributed by atoms with E-state index in [1.165, 1.54) is 22.4 Å². The van der Waals surface area contributed by atoms with E-state index in [-0.39, 0.29) is 11.2 Å². The molecule has 0 spiro atoms. The van der Waals surface area contributed by atoms with E-state index < -0.39 is 5.60 Å². The number of methoxy groups -OCH3 is 1. The summed E-state index contributed by atoms with van der Waals surface area (Å²) in [5.74, 6) is 1.96. The molecule has 1 fully saturated rings. The maximum Gasteiger partial charge on any atom is 0.178 e. The molecule has 1 aliphatic carbocycles. The quantitative estimate of drug-likeness (QED) is 0.233. The molecule has 8 rings (SSSR count). The van der Waals surface area contributed by atoms with Crippen molar-refractivity contribution in [2.75, 3.05) is 38.3 Å². The summed E-state index contributed by atoms with van der Waals surface area (Å²) in [6.07, 6.45) is 4.48. The van der Waals surface area contributed by atoms with Gasteiger partial charge in [-0.2, -0.15) is 0 Å². The molecule has 1 saturated heterocycles. The van der Waals surface area contributed by atoms with Crippen molar-refractivity contribution in [2.45, 2.75) is 24.9 Å². The van der Waals surface area contributed by atoms with Crippen molar-refractivity contribution < 1.29 is 19.3 Å². The van der Waals surface area contributed by atoms with Crippen LogP contribution in [0.1, 0.15) is 41.7 Å². The van der Waals surface area contributed by atoms with Crippen LogP contribution in [-0.4, -0.2) is 38.5 Å². The Kier molecular flexibility index (Phi) is 6.04. The van der Waals surface area contributed by atoms with Crippen molar-refractivity contribution in [1.82, 2.24) is 0 Å². The van der Waals surface area contributed by atoms with Crippen LogP contribution in [0.15, 0.2) is 97.1 Å². The smallest absolute Gasteiger partial charge is 0.178 e. The molecule has 5 heteroatoms. The summed E-state index contributed by atoms with van der Waals surface area (Å²) in [7, 11) is 1.69. The lowest BCUT2D eigenvalue weighted by Gasteiger charge is -2.38. The SMILES string of the molecule is COc1ccc(C2(c3ccc(N4CCOCC4)cc3)C=Cc3c4c(c5ccccc5c3O2)-c2ccc(O)cc2C4(C)C)cc1. The normalized spacial score (nSPS) is 19.7. The molecule has 44 heavy (non-hydrogen) atoms. The molecule has 2 heterocycles. The first-order chi connectivity index (χ1) is 21.4. The minimum Gasteiger partial charge on any atom is -0.508 e. The lowest BCUT2D eigenvalue weighted by atomic mass is 9.76. The van der Waals surface area contributed by atoms with Crippen molar-refractivity contribution in [2.24, 2.45) is 0 Å². The largest absolute Gasteiger partial charge is 0.508 e. The third kappa shape index (κ3) is 3.89. The van der Waals surface area contributed by atoms with Gasteiger partial charge in [-0.1, -0.05) is 74.5 Å². The molecule has 220 valence electrons. The molecule has 0 bridgehead atoms. The summed E-state index contributed by atoms with van der Waals surface area (Å²) in [6, 6.07) is 31.3. The minimum atomic E-state index is -0.853. The second-order valence-corrected chi connectivity index (χ2v) is 12.4. The first-order valence-corrected chi connectivity index (χ1v) is 15.3. The van der Waals surface area contributed by atoms with Crippen LogP contribution < -0.4 is 14.4 Å². The van der Waals surface area contributed by atoms with Gasteiger partial charge in [0, 0.05) is 46.3 Å². The van der Waals surface area contributed by atoms with Gasteiger partial charge in [-0.3, -0.25) is 0 Å². The maximum atomic E-state index is 10.5. The zero-order chi connectivity index (χ0) is 30.1. The molecule has 0 aromatic heterocycles. The fourth-order valence-electron chi connectivity index (χ4n) is 7.48. The summed E-state index contributed by atoms with van der Waals surface area (Å²) in [6.45, 7) is 7.76. The van der Waals surface area contributed by atoms with Crippen molar-refractivity contribution >= 4 is 22.5 Å². The summed E-state index contributed by atoms with van der Waals surface area (Å²) < 4.78 is 18.5. The molecule has 2 aliphatic heterocycles. The highest BCUT2D eigenvalue weighted by Crippen LogP contribution is 2.58. The number of phenols is 1. The molecular formula is C39H35NO4. The second-order valence-electron chi connectivity index (χ2n) is 12.4. The van der Waals surface area contributed by atoms with Crippen LogP contribution in [0.2, 0.25) is 0 Å². The molecule has 5 nitrogen and oxygen atoms in total. The number of anilines is 1. The summed E-state index contributed by atoms with van der Waals surface area (Å²) >= 11 is 0. The number of hydrogen-bond acceptors (Lipinski definition) is 5. The molecule has 0 saturated carbocycles. The van der Waals surface area contributed by atoms with E-state index in [9.17, 15) is 5.11 Å². The molecule has 0 radical (unpaired) electrons. The predicted octanol–water partition coefficient (Wildman–Crippen LogP) is 8.05. The highest BCUT2D eigenvalue weighted by molar-refractivity contribution is 6.08. The van der Waals surface area contributed by atoms with E-state index in [0.717, 1.165) is 70.8 Å². The summed E-state index contributed by atoms with van der Waals surface area (Å²) in [5.41, 5.74) is 7.93. The molecule has 5 aromatic carbocycles. The van der Waals surface area contributed by atoms with Crippen LogP contribution >= 0.6 is 0 Å². The van der Waals surface area contributed by atoms with Crippen LogP contribution in [0.5, 0.6) is 17.2 Å². The zero-order valence-corrected chi connectivity index (χ0v) is 25.3. The lowest BCUT2D eigenvalue weighted by molar-refractivity contribution is 0.122. The maximum absolute atomic E-state index is 10.5. The fourth-order valence-corrected chi connectivity index (χ4v) is 7.48. The van der Waals surface area contributed by atoms with E-state index in [2.05, 4.69) is 97.6 Å². The van der Waals surface area contributed by atoms with E-state index in [1.54, 1.807) is 13.2 Å². The van der Waals surface area contributed by atoms with E-state index >= 15 is 0 Å². The molecule has 1 atom stereocenters. The number of benzene rings is 5. The Hall–Kier alpha value is -4.74. The number of nitrogens with zero attached hydrogens (tertiary/aromatic N) is 1. The molecular weight excluding hydrogens is 546 g/mol. The molecule has 1 N–H and O–H groups in total. The van der Waals surface area contributed by atoms with Gasteiger partial charge in [-0.25, -0.2) is 0 Å². The topological polar surface area (TPSA) is 51.2 Å². The molecule has 5 aromatic rings. The highest BCUT2D eigenvalue weighted by Gasteiger charge is 2.44. The van der Waals surface area contributed by atoms with Crippen molar-refractivity contribution in [3.8, 4) is 28.4 Å². The van der Waals surface area contributed by atoms with E-state index in [0.29, 0.717) is 0 Å². The molecule has 0 amide bonds. The third-order valence-corrected chi connectivity index (χ3v) is 9.71. The van der Waals surface area contributed by atoms with Crippen LogP contribution in [-0.2, 0) is 15.8 Å². The van der Waals surface area contributed by atoms with Gasteiger partial charge in [0.05, 0.1) is 20.3 Å². The van der Waals surface area contributed by atoms with Gasteiger partial charge >= 0.3 is 0 Å². The van der Waals surface area contributed by atoms with Crippen molar-refractivity contribution in [3.05, 3.63) is 125 Å². The van der Waals surface area contributed by atoms with E-state index in [1.807, 2.05) is 18.2 Å². The van der Waals surface area contributed by atoms with Crippen molar-refractivity contribution in [3.63, 3.8) is 0 Å². The van der Waals surface area contributed by atoms with Crippen LogP contribution in [0.3, 0.4) is 0 Å². The lowest BCUT2D eigenvalue weighted by Crippen LogP contribution is -2.37. The van der Waals surface area contributed by atoms with Crippen LogP contribution in [0, 0.1) is 0 Å². The van der Waals surface area contributed by atoms with Crippen LogP contribution in [0.4, 0.5) is 5.69 Å². The zero-order valence-electron chi connectivity index (χ0n) is 25.3. The fraction of sp³-hybridized carbons (Fsp3) is 0.231. The Morgan fingerprint density at radius 2 is 1.50 bits per heavy atom. The third-order valence-electron chi connectivity index (χ3n) is 9.71. The number of phenolic OH excluding ortho intramolecular Hbond substituents is 1. The monoisotopic (exact) mass is 581 g/mol. The first-order valence-electron chi connectivity index (χ1n) is 15.3. The van der Waals surface area contributed by atoms with Crippen LogP contribution in [0.25, 0.3) is 28.0 Å². The summed E-state index contributed by atoms with van der Waals surface area (Å²) in [5, 5.41) is 12.7. The van der Waals surface area contributed by atoms with Gasteiger partial charge in [0.2, 0.25) is 0 Å². The van der Waals surface area contributed by atoms with Gasteiger partial charge < -0.3 is 24.2 Å². The average molecular weight is 582 g/mol. The predicted molar refractivity (Wildman–Crippen MR) is 176 cm³/mol. The van der Waals surface area contributed by atoms with Gasteiger partial charge in [0.15, 0.2) is 5.60 Å². The number of aromatic hydroxyl groups is 1. The Bertz CT molecular complexity index is 1940. The number of ether oxygens (including phenoxy) is 3. The Balaban J connectivity index is 1.35. The van der Waals surface area contributed by atoms with Gasteiger partial charge in [-0.15, -0.1) is 0 Å². The van der Waals surface area contributed by atoms with Gasteiger partial charge in [-0.05, 0) is 70.1 Å². The van der Waals surface area contributed by atoms with Gasteiger partial charge in [0.1, 0.15) is 17.2 Å². The number of hydrogen-bond donors (Lipinski definition) is 1. The van der Waals surface area contributed by atoms with Gasteiger partial charge in [0.25, 0.3) is 0 Å². The number of fused-ring (bicyclic) bond motifs is 8. The van der Waals surface area contributed by atoms with E-state index in [4.69, 9.17) is 14.2 Å². The highest BCUT2D eigenvalue weighted by atomic mass is 16.5. The Morgan fingerprint density at radius 1 is 0.818 bits per heavy atom. The average Bonchev–Trinajstić information content (AvgIpc) is 3.31. The number of morpholine rings is 1. The van der Waals surface area contributed by atoms with Crippen molar-refractivity contribution in [1.29, 1.82) is 0 Å².